The number of β-amino-alcohol motifs (C(OH)–C–C–N with tert-alkyl or cyclic N) is 1. The standard InChI is InChI=1S/C11H19N5O2S/c1-2-12-11-14-13-9(19-11)10(18)16-5-3-15(4-6-16)7-8-17/h17H,2-8H2,1H3,(H,12,14). The van der Waals surface area contributed by atoms with Crippen LogP contribution in [0.15, 0.2) is 0 Å². The average Bonchev–Trinajstić information content (AvgIpc) is 2.88. The number of amides is 1. The van der Waals surface area contributed by atoms with E-state index in [1.54, 1.807) is 4.90 Å². The van der Waals surface area contributed by atoms with Crippen LogP contribution in [0.4, 0.5) is 5.13 Å². The third kappa shape index (κ3) is 3.62. The fourth-order valence-corrected chi connectivity index (χ4v) is 2.76. The van der Waals surface area contributed by atoms with Gasteiger partial charge in [0.2, 0.25) is 10.1 Å². The molecule has 0 spiro atoms. The molecule has 19 heavy (non-hydrogen) atoms. The van der Waals surface area contributed by atoms with Gasteiger partial charge in [-0.25, -0.2) is 0 Å². The molecule has 8 heteroatoms. The molecule has 0 aromatic carbocycles. The second-order valence-corrected chi connectivity index (χ2v) is 5.28. The van der Waals surface area contributed by atoms with Gasteiger partial charge < -0.3 is 15.3 Å². The molecule has 1 aliphatic rings. The first-order valence-corrected chi connectivity index (χ1v) is 7.26. The van der Waals surface area contributed by atoms with Crippen LogP contribution in [0.2, 0.25) is 0 Å². The van der Waals surface area contributed by atoms with E-state index in [0.29, 0.717) is 29.8 Å². The largest absolute Gasteiger partial charge is 0.395 e. The highest BCUT2D eigenvalue weighted by Crippen LogP contribution is 2.17. The number of anilines is 1. The molecule has 1 aromatic rings. The van der Waals surface area contributed by atoms with Gasteiger partial charge in [0.25, 0.3) is 5.91 Å². The molecule has 0 bridgehead atoms. The minimum Gasteiger partial charge on any atom is -0.395 e. The van der Waals surface area contributed by atoms with Crippen LogP contribution in [0.3, 0.4) is 0 Å². The molecule has 7 nitrogen and oxygen atoms in total. The van der Waals surface area contributed by atoms with E-state index in [1.807, 2.05) is 6.92 Å². The van der Waals surface area contributed by atoms with Crippen molar-refractivity contribution in [3.05, 3.63) is 5.01 Å². The highest BCUT2D eigenvalue weighted by atomic mass is 32.1. The lowest BCUT2D eigenvalue weighted by Crippen LogP contribution is -2.49. The molecule has 1 saturated heterocycles. The Hall–Kier alpha value is -1.25. The van der Waals surface area contributed by atoms with E-state index in [-0.39, 0.29) is 12.5 Å². The molecule has 0 saturated carbocycles. The fraction of sp³-hybridized carbons (Fsp3) is 0.727. The zero-order valence-corrected chi connectivity index (χ0v) is 11.8. The third-order valence-corrected chi connectivity index (χ3v) is 3.88. The minimum atomic E-state index is -0.0506. The van der Waals surface area contributed by atoms with Gasteiger partial charge in [0.1, 0.15) is 0 Å². The molecule has 1 aromatic heterocycles. The van der Waals surface area contributed by atoms with Crippen LogP contribution < -0.4 is 5.32 Å². The van der Waals surface area contributed by atoms with Crippen LogP contribution >= 0.6 is 11.3 Å². The third-order valence-electron chi connectivity index (χ3n) is 3.01. The molecule has 2 heterocycles. The minimum absolute atomic E-state index is 0.0506. The summed E-state index contributed by atoms with van der Waals surface area (Å²) in [5, 5.41) is 20.9. The zero-order valence-electron chi connectivity index (χ0n) is 11.0. The van der Waals surface area contributed by atoms with E-state index < -0.39 is 0 Å². The van der Waals surface area contributed by atoms with Crippen LogP contribution in [0.25, 0.3) is 0 Å². The van der Waals surface area contributed by atoms with Crippen LogP contribution in [0, 0.1) is 0 Å². The summed E-state index contributed by atoms with van der Waals surface area (Å²) in [6.07, 6.45) is 0. The van der Waals surface area contributed by atoms with Crippen molar-refractivity contribution in [1.82, 2.24) is 20.0 Å². The number of rotatable bonds is 5. The number of aromatic nitrogens is 2. The lowest BCUT2D eigenvalue weighted by molar-refractivity contribution is 0.0614. The molecule has 1 fully saturated rings. The Bertz CT molecular complexity index is 417. The van der Waals surface area contributed by atoms with Gasteiger partial charge in [0.15, 0.2) is 0 Å². The summed E-state index contributed by atoms with van der Waals surface area (Å²) in [7, 11) is 0. The number of nitrogens with one attached hydrogen (secondary N) is 1. The number of carbonyl (C=O) groups excluding carboxylic acids is 1. The molecule has 0 atom stereocenters. The zero-order chi connectivity index (χ0) is 13.7. The second kappa shape index (κ2) is 6.78. The molecule has 106 valence electrons. The van der Waals surface area contributed by atoms with Crippen molar-refractivity contribution in [2.24, 2.45) is 0 Å². The smallest absolute Gasteiger partial charge is 0.284 e. The van der Waals surface area contributed by atoms with Crippen molar-refractivity contribution in [1.29, 1.82) is 0 Å². The topological polar surface area (TPSA) is 81.6 Å². The molecule has 1 aliphatic heterocycles. The summed E-state index contributed by atoms with van der Waals surface area (Å²) in [5.41, 5.74) is 0. The van der Waals surface area contributed by atoms with Crippen LogP contribution in [-0.2, 0) is 0 Å². The van der Waals surface area contributed by atoms with Gasteiger partial charge in [-0.15, -0.1) is 10.2 Å². The maximum atomic E-state index is 12.2. The highest BCUT2D eigenvalue weighted by Gasteiger charge is 2.24. The van der Waals surface area contributed by atoms with Crippen LogP contribution in [0.1, 0.15) is 16.7 Å². The Kier molecular flexibility index (Phi) is 5.06. The first-order valence-electron chi connectivity index (χ1n) is 6.44. The number of aliphatic hydroxyl groups excluding tert-OH is 1. The number of hydrogen-bond donors (Lipinski definition) is 2. The fourth-order valence-electron chi connectivity index (χ4n) is 1.98. The van der Waals surface area contributed by atoms with E-state index in [4.69, 9.17) is 5.11 Å². The Balaban J connectivity index is 1.89. The Morgan fingerprint density at radius 3 is 2.74 bits per heavy atom. The summed E-state index contributed by atoms with van der Waals surface area (Å²) in [6.45, 7) is 6.52. The Labute approximate surface area is 116 Å². The van der Waals surface area contributed by atoms with Crippen molar-refractivity contribution in [2.75, 3.05) is 51.2 Å². The van der Waals surface area contributed by atoms with Gasteiger partial charge in [0.05, 0.1) is 6.61 Å². The monoisotopic (exact) mass is 285 g/mol. The predicted octanol–water partition coefficient (Wildman–Crippen LogP) is -0.280. The van der Waals surface area contributed by atoms with Gasteiger partial charge in [-0.05, 0) is 6.92 Å². The summed E-state index contributed by atoms with van der Waals surface area (Å²) in [5.74, 6) is -0.0506. The van der Waals surface area contributed by atoms with Gasteiger partial charge >= 0.3 is 0 Å². The average molecular weight is 285 g/mol. The van der Waals surface area contributed by atoms with E-state index in [2.05, 4.69) is 20.4 Å². The van der Waals surface area contributed by atoms with Crippen molar-refractivity contribution in [2.45, 2.75) is 6.92 Å². The normalized spacial score (nSPS) is 16.6. The first-order chi connectivity index (χ1) is 9.24. The predicted molar refractivity (Wildman–Crippen MR) is 73.5 cm³/mol. The van der Waals surface area contributed by atoms with Crippen molar-refractivity contribution in [3.63, 3.8) is 0 Å². The van der Waals surface area contributed by atoms with Crippen LogP contribution in [0.5, 0.6) is 0 Å². The van der Waals surface area contributed by atoms with Crippen molar-refractivity contribution >= 4 is 22.4 Å². The number of carbonyl (C=O) groups is 1. The summed E-state index contributed by atoms with van der Waals surface area (Å²) in [4.78, 5) is 16.2. The van der Waals surface area contributed by atoms with E-state index in [9.17, 15) is 4.79 Å². The molecule has 2 rings (SSSR count). The maximum absolute atomic E-state index is 12.2. The number of piperazine rings is 1. The van der Waals surface area contributed by atoms with Gasteiger partial charge in [-0.3, -0.25) is 9.69 Å². The Morgan fingerprint density at radius 2 is 2.11 bits per heavy atom. The molecule has 0 radical (unpaired) electrons. The summed E-state index contributed by atoms with van der Waals surface area (Å²) >= 11 is 1.29. The van der Waals surface area contributed by atoms with Gasteiger partial charge in [-0.2, -0.15) is 0 Å². The second-order valence-electron chi connectivity index (χ2n) is 4.30. The number of nitrogens with zero attached hydrogens (tertiary/aromatic N) is 4. The highest BCUT2D eigenvalue weighted by molar-refractivity contribution is 7.17. The quantitative estimate of drug-likeness (QED) is 0.774. The van der Waals surface area contributed by atoms with E-state index in [1.165, 1.54) is 11.3 Å². The molecule has 0 unspecified atom stereocenters. The lowest BCUT2D eigenvalue weighted by Gasteiger charge is -2.33. The van der Waals surface area contributed by atoms with Crippen LogP contribution in [-0.4, -0.2) is 76.9 Å². The van der Waals surface area contributed by atoms with E-state index in [0.717, 1.165) is 19.6 Å². The molecule has 0 aliphatic carbocycles. The summed E-state index contributed by atoms with van der Waals surface area (Å²) in [6, 6.07) is 0. The van der Waals surface area contributed by atoms with E-state index >= 15 is 0 Å². The Morgan fingerprint density at radius 1 is 1.37 bits per heavy atom. The summed E-state index contributed by atoms with van der Waals surface area (Å²) < 4.78 is 0. The molecular weight excluding hydrogens is 266 g/mol. The maximum Gasteiger partial charge on any atom is 0.284 e. The van der Waals surface area contributed by atoms with Crippen molar-refractivity contribution in [3.8, 4) is 0 Å². The molecular formula is C11H19N5O2S. The first kappa shape index (κ1) is 14.2. The van der Waals surface area contributed by atoms with Crippen molar-refractivity contribution < 1.29 is 9.90 Å². The van der Waals surface area contributed by atoms with Gasteiger partial charge in [-0.1, -0.05) is 11.3 Å². The lowest BCUT2D eigenvalue weighted by atomic mass is 10.3. The molecule has 1 amide bonds. The SMILES string of the molecule is CCNc1nnc(C(=O)N2CCN(CCO)CC2)s1. The molecule has 2 N–H and O–H groups in total. The number of aliphatic hydroxyl groups is 1. The number of hydrogen-bond acceptors (Lipinski definition) is 7. The van der Waals surface area contributed by atoms with Gasteiger partial charge in [0, 0.05) is 39.3 Å².